The van der Waals surface area contributed by atoms with Gasteiger partial charge in [-0.3, -0.25) is 4.79 Å². The number of para-hydroxylation sites is 2. The van der Waals surface area contributed by atoms with Crippen molar-refractivity contribution in [2.75, 3.05) is 21.3 Å². The van der Waals surface area contributed by atoms with Crippen LogP contribution in [0.2, 0.25) is 0 Å². The van der Waals surface area contributed by atoms with Gasteiger partial charge in [0.25, 0.3) is 0 Å². The molecule has 0 saturated heterocycles. The van der Waals surface area contributed by atoms with E-state index in [9.17, 15) is 4.79 Å². The number of methoxy groups -OCH3 is 3. The zero-order chi connectivity index (χ0) is 23.4. The molecule has 4 aromatic rings. The van der Waals surface area contributed by atoms with Crippen LogP contribution in [0.25, 0.3) is 17.0 Å². The third-order valence-corrected chi connectivity index (χ3v) is 5.37. The number of aryl methyl sites for hydroxylation is 1. The Balaban J connectivity index is 1.84. The Morgan fingerprint density at radius 2 is 1.52 bits per heavy atom. The average molecular weight is 443 g/mol. The largest absolute Gasteiger partial charge is 0.493 e. The number of H-pyrrole nitrogens is 1. The lowest BCUT2D eigenvalue weighted by molar-refractivity contribution is 0.0987. The first-order valence-electron chi connectivity index (χ1n) is 10.4. The maximum Gasteiger partial charge on any atom is 0.228 e. The van der Waals surface area contributed by atoms with Crippen LogP contribution in [0.5, 0.6) is 23.0 Å². The number of hydrogen-bond donors (Lipinski definition) is 1. The highest BCUT2D eigenvalue weighted by molar-refractivity contribution is 6.11. The van der Waals surface area contributed by atoms with Gasteiger partial charge in [-0.1, -0.05) is 36.4 Å². The summed E-state index contributed by atoms with van der Waals surface area (Å²) in [6, 6.07) is 18.7. The van der Waals surface area contributed by atoms with E-state index in [0.717, 1.165) is 22.0 Å². The molecule has 0 aliphatic rings. The highest BCUT2D eigenvalue weighted by Gasteiger charge is 2.22. The van der Waals surface area contributed by atoms with E-state index in [4.69, 9.17) is 18.9 Å². The molecule has 0 amide bonds. The van der Waals surface area contributed by atoms with Crippen LogP contribution in [0.4, 0.5) is 0 Å². The summed E-state index contributed by atoms with van der Waals surface area (Å²) < 4.78 is 22.4. The van der Waals surface area contributed by atoms with Crippen molar-refractivity contribution in [1.29, 1.82) is 0 Å². The van der Waals surface area contributed by atoms with E-state index in [1.165, 1.54) is 21.3 Å². The maximum absolute atomic E-state index is 13.7. The number of hydrogen-bond acceptors (Lipinski definition) is 5. The second-order valence-corrected chi connectivity index (χ2v) is 7.41. The number of carbonyl (C=O) groups excluding carboxylic acids is 1. The Morgan fingerprint density at radius 3 is 2.18 bits per heavy atom. The standard InChI is InChI=1S/C27H25NO5/c1-17-9-5-8-12-22(17)33-23(15-19-16-28-21-11-7-6-10-20(19)21)26(29)18-13-24(30-2)27(32-4)25(14-18)31-3/h5-16,28H,1-4H3/b23-15+. The number of ketones is 1. The molecule has 1 N–H and O–H groups in total. The predicted molar refractivity (Wildman–Crippen MR) is 129 cm³/mol. The van der Waals surface area contributed by atoms with Crippen molar-refractivity contribution in [3.8, 4) is 23.0 Å². The normalized spacial score (nSPS) is 11.3. The molecule has 1 aromatic heterocycles. The van der Waals surface area contributed by atoms with Gasteiger partial charge in [-0.2, -0.15) is 0 Å². The lowest BCUT2D eigenvalue weighted by Crippen LogP contribution is -2.11. The summed E-state index contributed by atoms with van der Waals surface area (Å²) in [6.45, 7) is 1.93. The van der Waals surface area contributed by atoms with E-state index in [-0.39, 0.29) is 11.5 Å². The van der Waals surface area contributed by atoms with Crippen LogP contribution in [-0.2, 0) is 0 Å². The number of allylic oxidation sites excluding steroid dienone is 1. The minimum Gasteiger partial charge on any atom is -0.493 e. The fourth-order valence-electron chi connectivity index (χ4n) is 3.64. The molecule has 0 atom stereocenters. The van der Waals surface area contributed by atoms with Crippen LogP contribution < -0.4 is 18.9 Å². The Hall–Kier alpha value is -4.19. The number of ether oxygens (including phenoxy) is 4. The molecule has 0 bridgehead atoms. The lowest BCUT2D eigenvalue weighted by atomic mass is 10.1. The van der Waals surface area contributed by atoms with Crippen LogP contribution in [-0.4, -0.2) is 32.1 Å². The summed E-state index contributed by atoms with van der Waals surface area (Å²) in [7, 11) is 4.54. The number of benzene rings is 3. The molecular weight excluding hydrogens is 418 g/mol. The smallest absolute Gasteiger partial charge is 0.228 e. The molecule has 0 aliphatic heterocycles. The first-order chi connectivity index (χ1) is 16.0. The first kappa shape index (κ1) is 22.0. The van der Waals surface area contributed by atoms with Crippen LogP contribution >= 0.6 is 0 Å². The van der Waals surface area contributed by atoms with Crippen molar-refractivity contribution in [3.63, 3.8) is 0 Å². The number of rotatable bonds is 8. The predicted octanol–water partition coefficient (Wildman–Crippen LogP) is 5.80. The van der Waals surface area contributed by atoms with Crippen molar-refractivity contribution in [1.82, 2.24) is 4.98 Å². The van der Waals surface area contributed by atoms with Crippen molar-refractivity contribution < 1.29 is 23.7 Å². The number of Topliss-reactive ketones (excluding diaryl/α,β-unsaturated/α-hetero) is 1. The third-order valence-electron chi connectivity index (χ3n) is 5.37. The molecule has 1 heterocycles. The van der Waals surface area contributed by atoms with Crippen molar-refractivity contribution >= 4 is 22.8 Å². The summed E-state index contributed by atoms with van der Waals surface area (Å²) in [5.41, 5.74) is 3.08. The average Bonchev–Trinajstić information content (AvgIpc) is 3.26. The van der Waals surface area contributed by atoms with Gasteiger partial charge in [-0.15, -0.1) is 0 Å². The Bertz CT molecular complexity index is 1310. The minimum atomic E-state index is -0.317. The lowest BCUT2D eigenvalue weighted by Gasteiger charge is -2.15. The van der Waals surface area contributed by atoms with Gasteiger partial charge in [0.1, 0.15) is 5.75 Å². The quantitative estimate of drug-likeness (QED) is 0.212. The van der Waals surface area contributed by atoms with Gasteiger partial charge in [0.15, 0.2) is 17.3 Å². The molecular formula is C27H25NO5. The monoisotopic (exact) mass is 443 g/mol. The number of aromatic amines is 1. The highest BCUT2D eigenvalue weighted by Crippen LogP contribution is 2.39. The fraction of sp³-hybridized carbons (Fsp3) is 0.148. The molecule has 0 saturated carbocycles. The Morgan fingerprint density at radius 1 is 0.848 bits per heavy atom. The number of fused-ring (bicyclic) bond motifs is 1. The second kappa shape index (κ2) is 9.53. The molecule has 0 fully saturated rings. The van der Waals surface area contributed by atoms with E-state index in [1.807, 2.05) is 61.7 Å². The number of aromatic nitrogens is 1. The van der Waals surface area contributed by atoms with Gasteiger partial charge in [0, 0.05) is 28.2 Å². The summed E-state index contributed by atoms with van der Waals surface area (Å²) in [4.78, 5) is 16.9. The molecule has 0 aliphatic carbocycles. The van der Waals surface area contributed by atoms with Crippen LogP contribution in [0.1, 0.15) is 21.5 Å². The van der Waals surface area contributed by atoms with Crippen molar-refractivity contribution in [2.24, 2.45) is 0 Å². The van der Waals surface area contributed by atoms with E-state index >= 15 is 0 Å². The first-order valence-corrected chi connectivity index (χ1v) is 10.4. The molecule has 6 heteroatoms. The molecule has 168 valence electrons. The van der Waals surface area contributed by atoms with Crippen LogP contribution in [0, 0.1) is 6.92 Å². The fourth-order valence-corrected chi connectivity index (χ4v) is 3.64. The zero-order valence-corrected chi connectivity index (χ0v) is 19.0. The highest BCUT2D eigenvalue weighted by atomic mass is 16.5. The summed E-state index contributed by atoms with van der Waals surface area (Å²) >= 11 is 0. The molecule has 0 unspecified atom stereocenters. The van der Waals surface area contributed by atoms with Gasteiger partial charge >= 0.3 is 0 Å². The second-order valence-electron chi connectivity index (χ2n) is 7.41. The molecule has 33 heavy (non-hydrogen) atoms. The van der Waals surface area contributed by atoms with Crippen LogP contribution in [0.3, 0.4) is 0 Å². The molecule has 6 nitrogen and oxygen atoms in total. The van der Waals surface area contributed by atoms with E-state index in [1.54, 1.807) is 18.2 Å². The molecule has 3 aromatic carbocycles. The molecule has 0 radical (unpaired) electrons. The summed E-state index contributed by atoms with van der Waals surface area (Å²) in [6.07, 6.45) is 3.60. The molecule has 0 spiro atoms. The van der Waals surface area contributed by atoms with Crippen molar-refractivity contribution in [3.05, 3.63) is 89.3 Å². The summed E-state index contributed by atoms with van der Waals surface area (Å²) in [5, 5.41) is 0.987. The van der Waals surface area contributed by atoms with Crippen LogP contribution in [0.15, 0.2) is 72.6 Å². The molecule has 4 rings (SSSR count). The van der Waals surface area contributed by atoms with Gasteiger partial charge < -0.3 is 23.9 Å². The van der Waals surface area contributed by atoms with E-state index in [2.05, 4.69) is 4.98 Å². The Kier molecular flexibility index (Phi) is 6.36. The van der Waals surface area contributed by atoms with Gasteiger partial charge in [0.05, 0.1) is 21.3 Å². The van der Waals surface area contributed by atoms with Gasteiger partial charge in [0.2, 0.25) is 11.5 Å². The van der Waals surface area contributed by atoms with Gasteiger partial charge in [-0.05, 0) is 42.8 Å². The van der Waals surface area contributed by atoms with Crippen molar-refractivity contribution in [2.45, 2.75) is 6.92 Å². The SMILES string of the molecule is COc1cc(C(=O)/C(=C\c2c[nH]c3ccccc23)Oc2ccccc2C)cc(OC)c1OC. The van der Waals surface area contributed by atoms with Gasteiger partial charge in [-0.25, -0.2) is 0 Å². The van der Waals surface area contributed by atoms with E-state index < -0.39 is 0 Å². The maximum atomic E-state index is 13.7. The summed E-state index contributed by atoms with van der Waals surface area (Å²) in [5.74, 6) is 1.65. The third kappa shape index (κ3) is 4.41. The number of carbonyl (C=O) groups is 1. The minimum absolute atomic E-state index is 0.170. The van der Waals surface area contributed by atoms with E-state index in [0.29, 0.717) is 28.6 Å². The number of nitrogens with one attached hydrogen (secondary N) is 1. The topological polar surface area (TPSA) is 69.8 Å². The zero-order valence-electron chi connectivity index (χ0n) is 19.0. The Labute approximate surface area is 192 Å².